The van der Waals surface area contributed by atoms with Gasteiger partial charge in [-0.15, -0.1) is 12.1 Å². The fraction of sp³-hybridized carbons (Fsp3) is 0.111. The average molecular weight is 525 g/mol. The fourth-order valence-corrected chi connectivity index (χ4v) is 2.96. The molecule has 0 atom stereocenters. The second-order valence-corrected chi connectivity index (χ2v) is 5.17. The van der Waals surface area contributed by atoms with Crippen LogP contribution in [0.1, 0.15) is 0 Å². The Hall–Kier alpha value is 0.832. The van der Waals surface area contributed by atoms with E-state index in [9.17, 15) is 0 Å². The van der Waals surface area contributed by atoms with Gasteiger partial charge in [-0.3, -0.25) is 0 Å². The second kappa shape index (κ2) is 8.97. The molecule has 0 N–H and O–H groups in total. The molecule has 0 bridgehead atoms. The summed E-state index contributed by atoms with van der Waals surface area (Å²) in [6, 6.07) is 19.3. The number of aryl methyl sites for hydroxylation is 2. The molecule has 3 radical (unpaired) electrons. The van der Waals surface area contributed by atoms with E-state index >= 15 is 0 Å². The van der Waals surface area contributed by atoms with Gasteiger partial charge in [-0.05, 0) is 12.4 Å². The van der Waals surface area contributed by atoms with E-state index in [0.717, 1.165) is 11.1 Å². The third-order valence-electron chi connectivity index (χ3n) is 3.91. The molecule has 4 aromatic rings. The molecule has 23 heavy (non-hydrogen) atoms. The van der Waals surface area contributed by atoms with Crippen molar-refractivity contribution in [2.24, 2.45) is 14.1 Å². The molecular formula is C18H14N2Y3-2. The molecule has 0 spiro atoms. The molecule has 0 fully saturated rings. The molecule has 2 heterocycles. The van der Waals surface area contributed by atoms with Crippen molar-refractivity contribution in [3.05, 3.63) is 60.9 Å². The summed E-state index contributed by atoms with van der Waals surface area (Å²) in [6.45, 7) is 0. The van der Waals surface area contributed by atoms with Crippen LogP contribution in [0.5, 0.6) is 0 Å². The number of fused-ring (bicyclic) bond motifs is 2. The fourth-order valence-electron chi connectivity index (χ4n) is 2.96. The normalized spacial score (nSPS) is 10.0. The van der Waals surface area contributed by atoms with Gasteiger partial charge < -0.3 is 9.13 Å². The minimum Gasteiger partial charge on any atom is -0.398 e. The Labute approximate surface area is 212 Å². The van der Waals surface area contributed by atoms with Gasteiger partial charge in [0, 0.05) is 112 Å². The van der Waals surface area contributed by atoms with Gasteiger partial charge in [0.25, 0.3) is 0 Å². The van der Waals surface area contributed by atoms with Gasteiger partial charge in [0.2, 0.25) is 0 Å². The first-order valence-electron chi connectivity index (χ1n) is 6.67. The molecule has 107 valence electrons. The largest absolute Gasteiger partial charge is 0.398 e. The van der Waals surface area contributed by atoms with Crippen molar-refractivity contribution >= 4 is 21.8 Å². The summed E-state index contributed by atoms with van der Waals surface area (Å²) in [5, 5.41) is 2.47. The predicted octanol–water partition coefficient (Wildman–Crippen LogP) is 3.93. The first kappa shape index (κ1) is 21.9. The van der Waals surface area contributed by atoms with Crippen LogP contribution in [-0.4, -0.2) is 9.13 Å². The maximum atomic E-state index is 3.40. The van der Waals surface area contributed by atoms with Crippen LogP contribution >= 0.6 is 0 Å². The maximum absolute atomic E-state index is 3.40. The van der Waals surface area contributed by atoms with Crippen LogP contribution in [0.2, 0.25) is 0 Å². The maximum Gasteiger partial charge on any atom is 0.000585 e. The Morgan fingerprint density at radius 2 is 1.04 bits per heavy atom. The molecule has 0 aliphatic carbocycles. The number of hydrogen-bond donors (Lipinski definition) is 0. The Bertz CT molecular complexity index is 860. The summed E-state index contributed by atoms with van der Waals surface area (Å²) in [7, 11) is 4.15. The van der Waals surface area contributed by atoms with Crippen LogP contribution < -0.4 is 0 Å². The quantitative estimate of drug-likeness (QED) is 0.334. The molecule has 0 aliphatic rings. The molecule has 2 nitrogen and oxygen atoms in total. The second-order valence-electron chi connectivity index (χ2n) is 5.17. The number of nitrogens with zero attached hydrogens (tertiary/aromatic N) is 2. The van der Waals surface area contributed by atoms with Crippen LogP contribution in [0, 0.1) is 12.1 Å². The van der Waals surface area contributed by atoms with Crippen molar-refractivity contribution in [3.8, 4) is 11.1 Å². The molecule has 0 amide bonds. The Balaban J connectivity index is 0.000000882. The minimum atomic E-state index is 0. The van der Waals surface area contributed by atoms with E-state index in [2.05, 4.69) is 72.0 Å². The summed E-state index contributed by atoms with van der Waals surface area (Å²) in [6.07, 6.45) is 4.18. The molecule has 4 rings (SSSR count). The van der Waals surface area contributed by atoms with Gasteiger partial charge in [-0.1, -0.05) is 33.9 Å². The van der Waals surface area contributed by atoms with Gasteiger partial charge in [-0.2, -0.15) is 24.3 Å². The summed E-state index contributed by atoms with van der Waals surface area (Å²) >= 11 is 0. The van der Waals surface area contributed by atoms with Crippen LogP contribution in [0.3, 0.4) is 0 Å². The van der Waals surface area contributed by atoms with Crippen molar-refractivity contribution in [1.82, 2.24) is 9.13 Å². The van der Waals surface area contributed by atoms with Gasteiger partial charge in [0.1, 0.15) is 0 Å². The van der Waals surface area contributed by atoms with Crippen molar-refractivity contribution in [2.75, 3.05) is 0 Å². The van der Waals surface area contributed by atoms with E-state index in [4.69, 9.17) is 0 Å². The molecular weight excluding hydrogens is 511 g/mol. The molecule has 0 saturated carbocycles. The third kappa shape index (κ3) is 3.83. The van der Waals surface area contributed by atoms with Gasteiger partial charge in [0.05, 0.1) is 0 Å². The van der Waals surface area contributed by atoms with Crippen LogP contribution in [0.4, 0.5) is 0 Å². The zero-order valence-electron chi connectivity index (χ0n) is 13.2. The molecule has 2 aromatic heterocycles. The number of hydrogen-bond acceptors (Lipinski definition) is 0. The van der Waals surface area contributed by atoms with E-state index in [1.54, 1.807) is 0 Å². The molecule has 0 saturated heterocycles. The smallest absolute Gasteiger partial charge is 0.000585 e. The molecule has 0 unspecified atom stereocenters. The first-order valence-corrected chi connectivity index (χ1v) is 6.67. The van der Waals surface area contributed by atoms with Gasteiger partial charge in [0.15, 0.2) is 0 Å². The van der Waals surface area contributed by atoms with Gasteiger partial charge in [-0.25, -0.2) is 11.1 Å². The van der Waals surface area contributed by atoms with E-state index in [-0.39, 0.29) is 98.1 Å². The molecule has 5 heteroatoms. The zero-order chi connectivity index (χ0) is 13.7. The van der Waals surface area contributed by atoms with Crippen molar-refractivity contribution in [2.45, 2.75) is 0 Å². The number of aromatic nitrogens is 2. The third-order valence-corrected chi connectivity index (χ3v) is 3.91. The van der Waals surface area contributed by atoms with Crippen LogP contribution in [0.15, 0.2) is 48.8 Å². The minimum absolute atomic E-state index is 0. The van der Waals surface area contributed by atoms with E-state index in [1.807, 2.05) is 12.1 Å². The van der Waals surface area contributed by atoms with Crippen molar-refractivity contribution in [3.63, 3.8) is 0 Å². The average Bonchev–Trinajstić information content (AvgIpc) is 3.03. The Kier molecular flexibility index (Phi) is 8.53. The monoisotopic (exact) mass is 525 g/mol. The van der Waals surface area contributed by atoms with Crippen LogP contribution in [-0.2, 0) is 112 Å². The Morgan fingerprint density at radius 3 is 1.43 bits per heavy atom. The van der Waals surface area contributed by atoms with E-state index in [0.29, 0.717) is 0 Å². The van der Waals surface area contributed by atoms with Crippen molar-refractivity contribution < 1.29 is 98.1 Å². The zero-order valence-corrected chi connectivity index (χ0v) is 21.8. The standard InChI is InChI=1S/C18H14N2.3Y/c1-19-11-9-13-5-3-7-15(17(13)19)16-8-4-6-14-10-12-20(2)18(14)16;;;/h3-6,9-12H,1-2H3;;;/q-2;;;. The topological polar surface area (TPSA) is 9.86 Å². The molecule has 2 aromatic carbocycles. The van der Waals surface area contributed by atoms with E-state index in [1.165, 1.54) is 21.8 Å². The van der Waals surface area contributed by atoms with Gasteiger partial charge >= 0.3 is 0 Å². The summed E-state index contributed by atoms with van der Waals surface area (Å²) < 4.78 is 4.30. The Morgan fingerprint density at radius 1 is 0.652 bits per heavy atom. The predicted molar refractivity (Wildman–Crippen MR) is 82.5 cm³/mol. The SMILES string of the molecule is Cn1ccc2cc[c-]c(-c3[c-]ccc4ccn(C)c34)c21.[Y].[Y].[Y]. The molecule has 0 aliphatic heterocycles. The number of benzene rings is 2. The van der Waals surface area contributed by atoms with Crippen LogP contribution in [0.25, 0.3) is 32.9 Å². The summed E-state index contributed by atoms with van der Waals surface area (Å²) in [4.78, 5) is 0. The summed E-state index contributed by atoms with van der Waals surface area (Å²) in [5.74, 6) is 0. The van der Waals surface area contributed by atoms with E-state index < -0.39 is 0 Å². The summed E-state index contributed by atoms with van der Waals surface area (Å²) in [5.41, 5.74) is 4.64. The first-order chi connectivity index (χ1) is 9.75. The number of rotatable bonds is 1. The van der Waals surface area contributed by atoms with Crippen molar-refractivity contribution in [1.29, 1.82) is 0 Å².